The van der Waals surface area contributed by atoms with Crippen molar-refractivity contribution in [1.82, 2.24) is 10.2 Å². The van der Waals surface area contributed by atoms with Gasteiger partial charge in [-0.2, -0.15) is 0 Å². The molecule has 0 saturated carbocycles. The summed E-state index contributed by atoms with van der Waals surface area (Å²) in [7, 11) is 2.07. The molecule has 0 saturated heterocycles. The highest BCUT2D eigenvalue weighted by Crippen LogP contribution is 2.17. The summed E-state index contributed by atoms with van der Waals surface area (Å²) in [6.07, 6.45) is 1.14. The van der Waals surface area contributed by atoms with E-state index in [4.69, 9.17) is 11.6 Å². The van der Waals surface area contributed by atoms with E-state index in [1.165, 1.54) is 9.13 Å². The highest BCUT2D eigenvalue weighted by atomic mass is 127. The van der Waals surface area contributed by atoms with E-state index >= 15 is 0 Å². The average molecular weight is 364 g/mol. The third kappa shape index (κ3) is 3.48. The minimum absolute atomic E-state index is 0.783. The first kappa shape index (κ1) is 13.0. The quantitative estimate of drug-likeness (QED) is 0.818. The molecular formula is C12H15ClIN3. The molecule has 0 radical (unpaired) electrons. The Hall–Kier alpha value is -0.490. The Bertz CT molecular complexity index is 434. The molecule has 1 aliphatic heterocycles. The van der Waals surface area contributed by atoms with Gasteiger partial charge in [0.25, 0.3) is 0 Å². The molecule has 0 amide bonds. The standard InChI is InChI=1S/C12H15ClIN3/c1-17-6-2-5-15-12(17)16-8-9-3-4-10(13)7-11(9)14/h3-4,7H,2,5-6,8H2,1H3,(H,15,16). The van der Waals surface area contributed by atoms with Gasteiger partial charge >= 0.3 is 0 Å². The van der Waals surface area contributed by atoms with Crippen LogP contribution in [0.3, 0.4) is 0 Å². The van der Waals surface area contributed by atoms with Crippen molar-refractivity contribution in [3.63, 3.8) is 0 Å². The largest absolute Gasteiger partial charge is 0.352 e. The minimum atomic E-state index is 0.783. The number of nitrogens with zero attached hydrogens (tertiary/aromatic N) is 2. The first-order valence-corrected chi connectivity index (χ1v) is 7.06. The Kier molecular flexibility index (Phi) is 4.50. The van der Waals surface area contributed by atoms with Crippen LogP contribution in [0, 0.1) is 3.57 Å². The van der Waals surface area contributed by atoms with Gasteiger partial charge in [-0.15, -0.1) is 0 Å². The van der Waals surface area contributed by atoms with E-state index in [0.29, 0.717) is 0 Å². The van der Waals surface area contributed by atoms with E-state index in [9.17, 15) is 0 Å². The van der Waals surface area contributed by atoms with Crippen LogP contribution in [-0.2, 0) is 6.54 Å². The summed E-state index contributed by atoms with van der Waals surface area (Å²) < 4.78 is 1.18. The Morgan fingerprint density at radius 2 is 2.35 bits per heavy atom. The fraction of sp³-hybridized carbons (Fsp3) is 0.417. The van der Waals surface area contributed by atoms with E-state index in [2.05, 4.69) is 50.9 Å². The van der Waals surface area contributed by atoms with E-state index in [-0.39, 0.29) is 0 Å². The van der Waals surface area contributed by atoms with Crippen LogP contribution >= 0.6 is 34.2 Å². The molecule has 1 N–H and O–H groups in total. The van der Waals surface area contributed by atoms with Gasteiger partial charge in [-0.25, -0.2) is 0 Å². The topological polar surface area (TPSA) is 27.6 Å². The predicted molar refractivity (Wildman–Crippen MR) is 80.6 cm³/mol. The molecule has 0 unspecified atom stereocenters. The fourth-order valence-corrected chi connectivity index (χ4v) is 2.81. The summed E-state index contributed by atoms with van der Waals surface area (Å²) in [6.45, 7) is 2.78. The van der Waals surface area contributed by atoms with Crippen LogP contribution in [0.2, 0.25) is 5.02 Å². The van der Waals surface area contributed by atoms with Crippen molar-refractivity contribution in [3.05, 3.63) is 32.4 Å². The molecule has 0 aliphatic carbocycles. The summed E-state index contributed by atoms with van der Waals surface area (Å²) in [4.78, 5) is 6.63. The molecule has 3 nitrogen and oxygen atoms in total. The normalized spacial score (nSPS) is 15.7. The maximum Gasteiger partial charge on any atom is 0.193 e. The minimum Gasteiger partial charge on any atom is -0.352 e. The van der Waals surface area contributed by atoms with Crippen molar-refractivity contribution in [2.75, 3.05) is 20.1 Å². The van der Waals surface area contributed by atoms with Crippen molar-refractivity contribution < 1.29 is 0 Å². The van der Waals surface area contributed by atoms with Gasteiger partial charge in [0, 0.05) is 35.3 Å². The second kappa shape index (κ2) is 5.91. The van der Waals surface area contributed by atoms with Crippen LogP contribution < -0.4 is 5.32 Å². The number of benzene rings is 1. The molecule has 0 atom stereocenters. The van der Waals surface area contributed by atoms with Gasteiger partial charge < -0.3 is 10.2 Å². The number of nitrogens with one attached hydrogen (secondary N) is 1. The first-order valence-electron chi connectivity index (χ1n) is 5.60. The van der Waals surface area contributed by atoms with Gasteiger partial charge in [0.2, 0.25) is 0 Å². The number of rotatable bonds is 2. The lowest BCUT2D eigenvalue weighted by atomic mass is 10.2. The van der Waals surface area contributed by atoms with Gasteiger partial charge in [-0.05, 0) is 46.7 Å². The molecular weight excluding hydrogens is 349 g/mol. The number of aliphatic imine (C=N–C) groups is 1. The maximum atomic E-state index is 5.93. The Labute approximate surface area is 120 Å². The summed E-state index contributed by atoms with van der Waals surface area (Å²) in [5, 5.41) is 4.16. The SMILES string of the molecule is CN1CCCN=C1NCc1ccc(Cl)cc1I. The molecule has 1 aromatic rings. The molecule has 92 valence electrons. The number of hydrogen-bond donors (Lipinski definition) is 1. The molecule has 1 aromatic carbocycles. The summed E-state index contributed by atoms with van der Waals surface area (Å²) >= 11 is 8.24. The molecule has 17 heavy (non-hydrogen) atoms. The van der Waals surface area contributed by atoms with Crippen LogP contribution in [0.4, 0.5) is 0 Å². The zero-order chi connectivity index (χ0) is 12.3. The lowest BCUT2D eigenvalue weighted by molar-refractivity contribution is 0.446. The van der Waals surface area contributed by atoms with E-state index in [1.54, 1.807) is 0 Å². The van der Waals surface area contributed by atoms with Gasteiger partial charge in [-0.1, -0.05) is 17.7 Å². The van der Waals surface area contributed by atoms with E-state index in [1.807, 2.05) is 12.1 Å². The van der Waals surface area contributed by atoms with E-state index in [0.717, 1.165) is 37.0 Å². The summed E-state index contributed by atoms with van der Waals surface area (Å²) in [6, 6.07) is 5.96. The fourth-order valence-electron chi connectivity index (χ4n) is 1.75. The third-order valence-electron chi connectivity index (χ3n) is 2.73. The van der Waals surface area contributed by atoms with Gasteiger partial charge in [0.1, 0.15) is 0 Å². The molecule has 5 heteroatoms. The van der Waals surface area contributed by atoms with Gasteiger partial charge in [0.05, 0.1) is 0 Å². The number of halogens is 2. The van der Waals surface area contributed by atoms with Crippen molar-refractivity contribution in [1.29, 1.82) is 0 Å². The second-order valence-corrected chi connectivity index (χ2v) is 5.67. The summed E-state index contributed by atoms with van der Waals surface area (Å²) in [5.41, 5.74) is 1.25. The molecule has 2 rings (SSSR count). The zero-order valence-electron chi connectivity index (χ0n) is 9.71. The maximum absolute atomic E-state index is 5.93. The highest BCUT2D eigenvalue weighted by molar-refractivity contribution is 14.1. The van der Waals surface area contributed by atoms with Crippen molar-refractivity contribution in [2.24, 2.45) is 4.99 Å². The number of hydrogen-bond acceptors (Lipinski definition) is 3. The van der Waals surface area contributed by atoms with Crippen molar-refractivity contribution in [3.8, 4) is 0 Å². The van der Waals surface area contributed by atoms with Crippen LogP contribution in [0.15, 0.2) is 23.2 Å². The van der Waals surface area contributed by atoms with Crippen LogP contribution in [0.5, 0.6) is 0 Å². The first-order chi connectivity index (χ1) is 8.16. The second-order valence-electron chi connectivity index (χ2n) is 4.07. The van der Waals surface area contributed by atoms with Gasteiger partial charge in [-0.3, -0.25) is 4.99 Å². The van der Waals surface area contributed by atoms with Crippen LogP contribution in [-0.4, -0.2) is 31.0 Å². The Morgan fingerprint density at radius 1 is 1.53 bits per heavy atom. The van der Waals surface area contributed by atoms with E-state index < -0.39 is 0 Å². The average Bonchev–Trinajstić information content (AvgIpc) is 2.30. The third-order valence-corrected chi connectivity index (χ3v) is 3.97. The predicted octanol–water partition coefficient (Wildman–Crippen LogP) is 2.73. The van der Waals surface area contributed by atoms with Crippen LogP contribution in [0.1, 0.15) is 12.0 Å². The molecule has 0 bridgehead atoms. The van der Waals surface area contributed by atoms with Crippen molar-refractivity contribution in [2.45, 2.75) is 13.0 Å². The lowest BCUT2D eigenvalue weighted by Crippen LogP contribution is -2.41. The lowest BCUT2D eigenvalue weighted by Gasteiger charge is -2.25. The van der Waals surface area contributed by atoms with Crippen LogP contribution in [0.25, 0.3) is 0 Å². The molecule has 0 aromatic heterocycles. The molecule has 0 fully saturated rings. The molecule has 1 heterocycles. The van der Waals surface area contributed by atoms with Gasteiger partial charge in [0.15, 0.2) is 5.96 Å². The summed E-state index contributed by atoms with van der Waals surface area (Å²) in [5.74, 6) is 0.988. The smallest absolute Gasteiger partial charge is 0.193 e. The Balaban J connectivity index is 2.00. The Morgan fingerprint density at radius 3 is 3.06 bits per heavy atom. The highest BCUT2D eigenvalue weighted by Gasteiger charge is 2.10. The zero-order valence-corrected chi connectivity index (χ0v) is 12.6. The molecule has 0 spiro atoms. The van der Waals surface area contributed by atoms with Crippen molar-refractivity contribution >= 4 is 40.2 Å². The monoisotopic (exact) mass is 363 g/mol. The molecule has 1 aliphatic rings. The number of guanidine groups is 1.